The van der Waals surface area contributed by atoms with Crippen LogP contribution >= 0.6 is 24.0 Å². The van der Waals surface area contributed by atoms with Crippen LogP contribution in [0, 0.1) is 0 Å². The minimum atomic E-state index is -0.0776. The lowest BCUT2D eigenvalue weighted by atomic mass is 10.1. The summed E-state index contributed by atoms with van der Waals surface area (Å²) in [5.41, 5.74) is 0. The number of thioether (sulfide) groups is 1. The van der Waals surface area contributed by atoms with E-state index >= 15 is 0 Å². The maximum absolute atomic E-state index is 9.37. The van der Waals surface area contributed by atoms with Gasteiger partial charge in [0.2, 0.25) is 0 Å². The largest absolute Gasteiger partial charge is 0.393 e. The van der Waals surface area contributed by atoms with Gasteiger partial charge in [0.1, 0.15) is 4.32 Å². The van der Waals surface area contributed by atoms with Gasteiger partial charge in [-0.25, -0.2) is 0 Å². The summed E-state index contributed by atoms with van der Waals surface area (Å²) in [5, 5.41) is 9.37. The lowest BCUT2D eigenvalue weighted by Gasteiger charge is -2.33. The number of nitrogens with zero attached hydrogens (tertiary/aromatic N) is 2. The molecule has 0 aromatic rings. The Morgan fingerprint density at radius 1 is 1.36 bits per heavy atom. The molecule has 3 nitrogen and oxygen atoms in total. The second kappa shape index (κ2) is 4.79. The minimum absolute atomic E-state index is 0.0776. The van der Waals surface area contributed by atoms with Crippen molar-refractivity contribution in [1.29, 1.82) is 0 Å². The van der Waals surface area contributed by atoms with Crippen LogP contribution in [-0.2, 0) is 0 Å². The fraction of sp³-hybridized carbons (Fsp3) is 0.889. The van der Waals surface area contributed by atoms with Crippen molar-refractivity contribution >= 4 is 28.3 Å². The monoisotopic (exact) mass is 232 g/mol. The van der Waals surface area contributed by atoms with E-state index in [1.165, 1.54) is 0 Å². The standard InChI is InChI=1S/C9H16N2OS2/c12-8-1-3-10(4-2-8)7-11-5-6-14-9(11)13/h8,12H,1-7H2. The molecule has 0 unspecified atom stereocenters. The number of aliphatic hydroxyl groups is 1. The van der Waals surface area contributed by atoms with Crippen LogP contribution in [0.3, 0.4) is 0 Å². The van der Waals surface area contributed by atoms with Crippen molar-refractivity contribution < 1.29 is 5.11 Å². The molecule has 80 valence electrons. The van der Waals surface area contributed by atoms with Crippen LogP contribution in [0.25, 0.3) is 0 Å². The number of piperidine rings is 1. The first kappa shape index (κ1) is 10.7. The lowest BCUT2D eigenvalue weighted by molar-refractivity contribution is 0.0664. The van der Waals surface area contributed by atoms with Crippen LogP contribution in [0.1, 0.15) is 12.8 Å². The molecule has 0 spiro atoms. The molecule has 0 atom stereocenters. The van der Waals surface area contributed by atoms with Gasteiger partial charge in [-0.2, -0.15) is 0 Å². The average Bonchev–Trinajstić information content (AvgIpc) is 2.56. The van der Waals surface area contributed by atoms with Crippen molar-refractivity contribution in [1.82, 2.24) is 9.80 Å². The minimum Gasteiger partial charge on any atom is -0.393 e. The Morgan fingerprint density at radius 2 is 2.07 bits per heavy atom. The van der Waals surface area contributed by atoms with Crippen LogP contribution in [0.4, 0.5) is 0 Å². The molecular formula is C9H16N2OS2. The van der Waals surface area contributed by atoms with Gasteiger partial charge in [0.15, 0.2) is 0 Å². The quantitative estimate of drug-likeness (QED) is 0.709. The summed E-state index contributed by atoms with van der Waals surface area (Å²) in [4.78, 5) is 4.64. The van der Waals surface area contributed by atoms with E-state index in [0.29, 0.717) is 0 Å². The molecular weight excluding hydrogens is 216 g/mol. The molecule has 0 amide bonds. The Morgan fingerprint density at radius 3 is 2.64 bits per heavy atom. The summed E-state index contributed by atoms with van der Waals surface area (Å²) in [5.74, 6) is 1.13. The van der Waals surface area contributed by atoms with Gasteiger partial charge in [-0.3, -0.25) is 4.90 Å². The topological polar surface area (TPSA) is 26.7 Å². The molecule has 0 saturated carbocycles. The van der Waals surface area contributed by atoms with Gasteiger partial charge >= 0.3 is 0 Å². The predicted molar refractivity (Wildman–Crippen MR) is 63.4 cm³/mol. The zero-order chi connectivity index (χ0) is 9.97. The number of hydrogen-bond donors (Lipinski definition) is 1. The average molecular weight is 232 g/mol. The van der Waals surface area contributed by atoms with Crippen LogP contribution < -0.4 is 0 Å². The van der Waals surface area contributed by atoms with Gasteiger partial charge in [0.05, 0.1) is 12.8 Å². The number of aliphatic hydroxyl groups excluding tert-OH is 1. The molecule has 2 fully saturated rings. The maximum Gasteiger partial charge on any atom is 0.137 e. The first-order valence-electron chi connectivity index (χ1n) is 5.08. The summed E-state index contributed by atoms with van der Waals surface area (Å²) in [6, 6.07) is 0. The summed E-state index contributed by atoms with van der Waals surface area (Å²) in [6.45, 7) is 4.05. The van der Waals surface area contributed by atoms with Crippen LogP contribution in [0.5, 0.6) is 0 Å². The van der Waals surface area contributed by atoms with Crippen LogP contribution in [0.15, 0.2) is 0 Å². The summed E-state index contributed by atoms with van der Waals surface area (Å²) in [6.07, 6.45) is 1.74. The van der Waals surface area contributed by atoms with Crippen molar-refractivity contribution in [2.24, 2.45) is 0 Å². The van der Waals surface area contributed by atoms with E-state index in [1.807, 2.05) is 0 Å². The molecule has 14 heavy (non-hydrogen) atoms. The normalized spacial score (nSPS) is 26.1. The van der Waals surface area contributed by atoms with E-state index in [1.54, 1.807) is 11.8 Å². The Bertz CT molecular complexity index is 217. The Labute approximate surface area is 94.4 Å². The molecule has 2 rings (SSSR count). The third-order valence-corrected chi connectivity index (χ3v) is 4.28. The molecule has 2 aliphatic heterocycles. The second-order valence-corrected chi connectivity index (χ2v) is 5.60. The highest BCUT2D eigenvalue weighted by molar-refractivity contribution is 8.23. The molecule has 0 aliphatic carbocycles. The van der Waals surface area contributed by atoms with E-state index in [0.717, 1.165) is 49.2 Å². The van der Waals surface area contributed by atoms with Gasteiger partial charge < -0.3 is 10.0 Å². The molecule has 1 N–H and O–H groups in total. The zero-order valence-electron chi connectivity index (χ0n) is 8.19. The predicted octanol–water partition coefficient (Wildman–Crippen LogP) is 0.734. The van der Waals surface area contributed by atoms with E-state index < -0.39 is 0 Å². The van der Waals surface area contributed by atoms with Crippen LogP contribution in [-0.4, -0.2) is 57.4 Å². The Balaban J connectivity index is 1.77. The number of thiocarbonyl (C=S) groups is 1. The smallest absolute Gasteiger partial charge is 0.137 e. The second-order valence-electron chi connectivity index (χ2n) is 3.87. The summed E-state index contributed by atoms with van der Waals surface area (Å²) >= 11 is 7.02. The number of rotatable bonds is 2. The van der Waals surface area contributed by atoms with Gasteiger partial charge in [-0.05, 0) is 12.8 Å². The molecule has 2 aliphatic rings. The van der Waals surface area contributed by atoms with Crippen molar-refractivity contribution in [2.75, 3.05) is 32.1 Å². The van der Waals surface area contributed by atoms with Gasteiger partial charge in [0, 0.05) is 25.4 Å². The summed E-state index contributed by atoms with van der Waals surface area (Å²) in [7, 11) is 0. The number of hydrogen-bond acceptors (Lipinski definition) is 4. The highest BCUT2D eigenvalue weighted by Crippen LogP contribution is 2.19. The van der Waals surface area contributed by atoms with E-state index in [4.69, 9.17) is 12.2 Å². The van der Waals surface area contributed by atoms with Crippen LogP contribution in [0.2, 0.25) is 0 Å². The Kier molecular flexibility index (Phi) is 3.65. The van der Waals surface area contributed by atoms with Crippen molar-refractivity contribution in [3.05, 3.63) is 0 Å². The molecule has 2 heterocycles. The molecule has 0 bridgehead atoms. The van der Waals surface area contributed by atoms with E-state index in [9.17, 15) is 5.11 Å². The van der Waals surface area contributed by atoms with E-state index in [-0.39, 0.29) is 6.10 Å². The summed E-state index contributed by atoms with van der Waals surface area (Å²) < 4.78 is 1.04. The van der Waals surface area contributed by atoms with Crippen molar-refractivity contribution in [3.63, 3.8) is 0 Å². The fourth-order valence-electron chi connectivity index (χ4n) is 1.86. The molecule has 2 saturated heterocycles. The SMILES string of the molecule is OC1CCN(CN2CCSC2=S)CC1. The molecule has 0 aromatic heterocycles. The van der Waals surface area contributed by atoms with Crippen molar-refractivity contribution in [2.45, 2.75) is 18.9 Å². The van der Waals surface area contributed by atoms with E-state index in [2.05, 4.69) is 9.80 Å². The zero-order valence-corrected chi connectivity index (χ0v) is 9.82. The Hall–Kier alpha value is 0.160. The molecule has 0 radical (unpaired) electrons. The fourth-order valence-corrected chi connectivity index (χ4v) is 3.07. The number of likely N-dealkylation sites (tertiary alicyclic amines) is 1. The van der Waals surface area contributed by atoms with Crippen molar-refractivity contribution in [3.8, 4) is 0 Å². The lowest BCUT2D eigenvalue weighted by Crippen LogP contribution is -2.43. The third kappa shape index (κ3) is 2.59. The molecule has 5 heteroatoms. The highest BCUT2D eigenvalue weighted by Gasteiger charge is 2.22. The molecule has 0 aromatic carbocycles. The van der Waals surface area contributed by atoms with Gasteiger partial charge in [0.25, 0.3) is 0 Å². The first-order valence-corrected chi connectivity index (χ1v) is 6.47. The van der Waals surface area contributed by atoms with Gasteiger partial charge in [-0.15, -0.1) is 0 Å². The highest BCUT2D eigenvalue weighted by atomic mass is 32.2. The van der Waals surface area contributed by atoms with Gasteiger partial charge in [-0.1, -0.05) is 24.0 Å². The first-order chi connectivity index (χ1) is 6.75. The third-order valence-electron chi connectivity index (χ3n) is 2.77. The maximum atomic E-state index is 9.37.